The number of H-pyrrole nitrogens is 1. The molecule has 3 N–H and O–H groups in total. The van der Waals surface area contributed by atoms with Crippen LogP contribution in [0.3, 0.4) is 0 Å². The molecule has 0 saturated heterocycles. The van der Waals surface area contributed by atoms with Crippen LogP contribution in [0, 0.1) is 0 Å². The predicted molar refractivity (Wildman–Crippen MR) is 570 cm³/mol. The second kappa shape index (κ2) is 30.2. The van der Waals surface area contributed by atoms with Crippen LogP contribution in [-0.2, 0) is 0 Å². The predicted octanol–water partition coefficient (Wildman–Crippen LogP) is 30.5. The van der Waals surface area contributed by atoms with Gasteiger partial charge in [0.05, 0.1) is 108 Å². The Morgan fingerprint density at radius 1 is 0.259 bits per heavy atom. The Balaban J connectivity index is 0.0000000913. The minimum absolute atomic E-state index is 0.191. The Kier molecular flexibility index (Phi) is 17.4. The molecule has 0 aliphatic heterocycles. The van der Waals surface area contributed by atoms with Crippen molar-refractivity contribution < 1.29 is 10.0 Å². The van der Waals surface area contributed by atoms with Crippen molar-refractivity contribution in [2.75, 3.05) is 0 Å². The first-order valence-electron chi connectivity index (χ1n) is 44.4. The van der Waals surface area contributed by atoms with E-state index in [1.165, 1.54) is 173 Å². The summed E-state index contributed by atoms with van der Waals surface area (Å²) in [6, 6.07) is 130. The molecule has 135 heavy (non-hydrogen) atoms. The molecule has 32 aromatic rings. The molecule has 0 spiro atoms. The van der Waals surface area contributed by atoms with Crippen molar-refractivity contribution in [2.45, 2.75) is 0 Å². The molecule has 14 nitrogen and oxygen atoms in total. The Bertz CT molecular complexity index is 10600. The number of hydrogen-bond acceptors (Lipinski definition) is 11. The fourth-order valence-electron chi connectivity index (χ4n) is 21.5. The molecular formula is C114H64BCl3N12O2S3. The van der Waals surface area contributed by atoms with Gasteiger partial charge >= 0.3 is 7.12 Å². The van der Waals surface area contributed by atoms with E-state index in [-0.39, 0.29) is 10.6 Å². The number of hydrogen-bond donors (Lipinski definition) is 3. The van der Waals surface area contributed by atoms with E-state index in [1.54, 1.807) is 58.3 Å². The summed E-state index contributed by atoms with van der Waals surface area (Å²) < 4.78 is 18.6. The number of aromatic nitrogens is 12. The number of rotatable bonds is 4. The van der Waals surface area contributed by atoms with Crippen LogP contribution in [0.4, 0.5) is 0 Å². The highest BCUT2D eigenvalue weighted by Crippen LogP contribution is 2.53. The fraction of sp³-hybridized carbons (Fsp3) is 0. The van der Waals surface area contributed by atoms with Gasteiger partial charge in [0.1, 0.15) is 0 Å². The van der Waals surface area contributed by atoms with Gasteiger partial charge in [0.2, 0.25) is 10.6 Å². The number of para-hydroxylation sites is 9. The fourth-order valence-corrected chi connectivity index (χ4v) is 25.4. The molecule has 21 heteroatoms. The van der Waals surface area contributed by atoms with Gasteiger partial charge in [0, 0.05) is 138 Å². The third-order valence-corrected chi connectivity index (χ3v) is 31.1. The zero-order chi connectivity index (χ0) is 89.3. The molecule has 0 unspecified atom stereocenters. The van der Waals surface area contributed by atoms with Crippen molar-refractivity contribution >= 4 is 322 Å². The Morgan fingerprint density at radius 3 is 1.03 bits per heavy atom. The van der Waals surface area contributed by atoms with Crippen molar-refractivity contribution in [1.29, 1.82) is 0 Å². The molecular weight excluding hydrogens is 1780 g/mol. The SMILES string of the molecule is Clc1nc(-n2c3ccccc3c3cc4c5ccccc5n5c6ccccc6c(c32)c45)c2sc3ccccc3c2n1.Clc1nc(Cl)c2sc3ccccc3c2n1.OB(O)c1ccccc1.c1ccc(-c2nc(-n3c4ccccc4c4cc5c6ccccc6n6c7ccccc7c(c43)c56)c3sc4ccccc4c3n2)cc1.c1ccc2c(c1)[nH]c1c2cc2c3ccccc3n3c4ccccc4c1c23. The quantitative estimate of drug-likeness (QED) is 0.0893. The van der Waals surface area contributed by atoms with Crippen LogP contribution in [0.1, 0.15) is 0 Å². The zero-order valence-corrected chi connectivity index (χ0v) is 75.7. The van der Waals surface area contributed by atoms with Crippen LogP contribution in [0.5, 0.6) is 0 Å². The molecule has 0 aliphatic rings. The van der Waals surface area contributed by atoms with Crippen molar-refractivity contribution in [3.63, 3.8) is 0 Å². The summed E-state index contributed by atoms with van der Waals surface area (Å²) in [5.74, 6) is 2.48. The molecule has 0 amide bonds. The minimum atomic E-state index is -1.34. The van der Waals surface area contributed by atoms with Crippen LogP contribution in [0.25, 0.3) is 264 Å². The van der Waals surface area contributed by atoms with Gasteiger partial charge < -0.3 is 28.2 Å². The van der Waals surface area contributed by atoms with Gasteiger partial charge in [-0.15, -0.1) is 34.0 Å². The maximum absolute atomic E-state index is 8.58. The smallest absolute Gasteiger partial charge is 0.423 e. The third-order valence-electron chi connectivity index (χ3n) is 26.9. The molecule has 15 heterocycles. The molecule has 32 rings (SSSR count). The summed E-state index contributed by atoms with van der Waals surface area (Å²) in [4.78, 5) is 32.1. The second-order valence-corrected chi connectivity index (χ2v) is 38.3. The lowest BCUT2D eigenvalue weighted by Gasteiger charge is -2.11. The van der Waals surface area contributed by atoms with E-state index in [2.05, 4.69) is 347 Å². The number of benzene rings is 17. The standard InChI is InChI=1S/C40H22N4S.C34H17ClN4S.C24H14N2.C10H4Cl2N2S.C6H7BO2/c1-2-12-23(13-3-1)39-41-35-27-17-7-11-21-33(27)45-38(35)40(42-39)44-31-19-9-5-15-25(31)29-22-28-24-14-4-8-18-30(24)43-32-20-10-6-16-26(32)34(36(28)43)37(29)44;35-34-36-29-21-12-4-8-16-27(21)40-32(29)33(37-34)39-25-14-6-2-10-19(25)23-17-22-18-9-1-5-13-24(18)38-26-15-7-3-11-20(26)28(30(22)38)31(23)39;1-4-10-19-14(7-1)17-13-18-15-8-2-5-11-20(15)26-21-12-6-3-9-16(21)22(24(18)26)23(17)25-19;11-9-8-7(13-10(12)14-9)5-3-1-2-4-6(5)15-8;8-7(9)6-4-2-1-3-5-6/h1-22H;1-17H;1-13,25H;1-4H;1-5,8-9H. The normalized spacial score (nSPS) is 12.2. The molecule has 634 valence electrons. The van der Waals surface area contributed by atoms with Crippen LogP contribution in [0.2, 0.25) is 15.7 Å². The summed E-state index contributed by atoms with van der Waals surface area (Å²) in [6.45, 7) is 0. The molecule has 0 bridgehead atoms. The summed E-state index contributed by atoms with van der Waals surface area (Å²) in [6.07, 6.45) is 0. The number of nitrogens with one attached hydrogen (secondary N) is 1. The molecule has 0 saturated carbocycles. The zero-order valence-electron chi connectivity index (χ0n) is 71.0. The number of thiophene rings is 3. The van der Waals surface area contributed by atoms with E-state index >= 15 is 0 Å². The van der Waals surface area contributed by atoms with Gasteiger partial charge in [-0.25, -0.2) is 24.9 Å². The maximum atomic E-state index is 8.58. The first-order valence-corrected chi connectivity index (χ1v) is 47.9. The monoisotopic (exact) mass is 1840 g/mol. The summed E-state index contributed by atoms with van der Waals surface area (Å²) in [5.41, 5.74) is 22.6. The highest BCUT2D eigenvalue weighted by Gasteiger charge is 2.31. The average molecular weight is 1850 g/mol. The number of halogens is 3. The lowest BCUT2D eigenvalue weighted by atomic mass is 9.81. The van der Waals surface area contributed by atoms with Crippen LogP contribution in [-0.4, -0.2) is 74.4 Å². The topological polar surface area (TPSA) is 157 Å². The van der Waals surface area contributed by atoms with E-state index in [0.717, 1.165) is 91.1 Å². The first kappa shape index (κ1) is 78.0. The van der Waals surface area contributed by atoms with Gasteiger partial charge in [-0.3, -0.25) is 9.13 Å². The Labute approximate surface area is 791 Å². The van der Waals surface area contributed by atoms with Gasteiger partial charge in [-0.2, -0.15) is 4.98 Å². The van der Waals surface area contributed by atoms with Crippen molar-refractivity contribution in [1.82, 2.24) is 57.2 Å². The minimum Gasteiger partial charge on any atom is -0.423 e. The Morgan fingerprint density at radius 2 is 0.578 bits per heavy atom. The van der Waals surface area contributed by atoms with E-state index in [4.69, 9.17) is 64.8 Å². The number of aromatic amines is 1. The third kappa shape index (κ3) is 11.5. The molecule has 17 aromatic carbocycles. The van der Waals surface area contributed by atoms with Crippen molar-refractivity contribution in [3.8, 4) is 23.0 Å². The maximum Gasteiger partial charge on any atom is 0.488 e. The first-order chi connectivity index (χ1) is 66.6. The highest BCUT2D eigenvalue weighted by atomic mass is 35.5. The van der Waals surface area contributed by atoms with Crippen molar-refractivity contribution in [2.24, 2.45) is 0 Å². The van der Waals surface area contributed by atoms with Crippen LogP contribution < -0.4 is 5.46 Å². The number of fused-ring (bicyclic) bond motifs is 39. The van der Waals surface area contributed by atoms with Crippen LogP contribution >= 0.6 is 68.8 Å². The largest absolute Gasteiger partial charge is 0.488 e. The van der Waals surface area contributed by atoms with E-state index in [9.17, 15) is 0 Å². The highest BCUT2D eigenvalue weighted by molar-refractivity contribution is 7.27. The molecule has 0 radical (unpaired) electrons. The average Bonchev–Trinajstić information content (AvgIpc) is 1.53. The molecule has 15 aromatic heterocycles. The lowest BCUT2D eigenvalue weighted by Crippen LogP contribution is -2.29. The van der Waals surface area contributed by atoms with Gasteiger partial charge in [-0.05, 0) is 120 Å². The summed E-state index contributed by atoms with van der Waals surface area (Å²) >= 11 is 23.5. The van der Waals surface area contributed by atoms with E-state index in [1.807, 2.05) is 36.4 Å². The van der Waals surface area contributed by atoms with Gasteiger partial charge in [0.15, 0.2) is 22.6 Å². The number of nitrogens with zero attached hydrogens (tertiary/aromatic N) is 11. The molecule has 0 atom stereocenters. The molecule has 0 aliphatic carbocycles. The Hall–Kier alpha value is -15.7. The van der Waals surface area contributed by atoms with Gasteiger partial charge in [0.25, 0.3) is 0 Å². The van der Waals surface area contributed by atoms with E-state index in [0.29, 0.717) is 10.6 Å². The summed E-state index contributed by atoms with van der Waals surface area (Å²) in [7, 11) is -1.34. The molecule has 0 fully saturated rings. The van der Waals surface area contributed by atoms with Crippen LogP contribution in [0.15, 0.2) is 370 Å². The lowest BCUT2D eigenvalue weighted by molar-refractivity contribution is 0.426. The second-order valence-electron chi connectivity index (χ2n) is 34.1. The van der Waals surface area contributed by atoms with Crippen molar-refractivity contribution in [3.05, 3.63) is 386 Å². The van der Waals surface area contributed by atoms with Gasteiger partial charge in [-0.1, -0.05) is 291 Å². The summed E-state index contributed by atoms with van der Waals surface area (Å²) in [5, 5.41) is 44.2. The van der Waals surface area contributed by atoms with E-state index < -0.39 is 7.12 Å².